The molecule has 110 valence electrons. The van der Waals surface area contributed by atoms with Crippen LogP contribution in [0.25, 0.3) is 0 Å². The van der Waals surface area contributed by atoms with Gasteiger partial charge in [0.15, 0.2) is 0 Å². The number of aryl methyl sites for hydroxylation is 2. The van der Waals surface area contributed by atoms with Gasteiger partial charge in [0.2, 0.25) is 5.91 Å². The third kappa shape index (κ3) is 3.99. The molecule has 1 amide bonds. The largest absolute Gasteiger partial charge is 0.493 e. The van der Waals surface area contributed by atoms with Gasteiger partial charge < -0.3 is 9.64 Å². The standard InChI is InChI=1S/C17H25NO2/c1-12(2)18(15-5-6-15)17(19)7-8-20-16-10-13(3)9-14(4)11-16/h9-12,15H,5-8H2,1-4H3. The Balaban J connectivity index is 1.84. The van der Waals surface area contributed by atoms with Gasteiger partial charge in [0, 0.05) is 12.1 Å². The van der Waals surface area contributed by atoms with Gasteiger partial charge in [-0.2, -0.15) is 0 Å². The molecule has 0 radical (unpaired) electrons. The summed E-state index contributed by atoms with van der Waals surface area (Å²) in [7, 11) is 0. The highest BCUT2D eigenvalue weighted by Gasteiger charge is 2.33. The first-order valence-corrected chi connectivity index (χ1v) is 7.49. The third-order valence-corrected chi connectivity index (χ3v) is 3.56. The Kier molecular flexibility index (Phi) is 4.69. The van der Waals surface area contributed by atoms with Crippen LogP contribution >= 0.6 is 0 Å². The lowest BCUT2D eigenvalue weighted by Gasteiger charge is -2.26. The van der Waals surface area contributed by atoms with Crippen LogP contribution in [0.2, 0.25) is 0 Å². The summed E-state index contributed by atoms with van der Waals surface area (Å²) in [4.78, 5) is 14.3. The summed E-state index contributed by atoms with van der Waals surface area (Å²) in [5.41, 5.74) is 2.38. The highest BCUT2D eigenvalue weighted by molar-refractivity contribution is 5.77. The number of hydrogen-bond acceptors (Lipinski definition) is 2. The van der Waals surface area contributed by atoms with Crippen LogP contribution in [0, 0.1) is 13.8 Å². The lowest BCUT2D eigenvalue weighted by Crippen LogP contribution is -2.39. The number of hydrogen-bond donors (Lipinski definition) is 0. The normalized spacial score (nSPS) is 14.4. The van der Waals surface area contributed by atoms with Crippen molar-refractivity contribution in [2.24, 2.45) is 0 Å². The van der Waals surface area contributed by atoms with E-state index < -0.39 is 0 Å². The number of ether oxygens (including phenoxy) is 1. The number of carbonyl (C=O) groups is 1. The minimum atomic E-state index is 0.215. The van der Waals surface area contributed by atoms with Crippen molar-refractivity contribution in [1.29, 1.82) is 0 Å². The van der Waals surface area contributed by atoms with Crippen molar-refractivity contribution in [2.75, 3.05) is 6.61 Å². The molecule has 1 saturated carbocycles. The maximum absolute atomic E-state index is 12.2. The first kappa shape index (κ1) is 14.9. The van der Waals surface area contributed by atoms with Crippen molar-refractivity contribution in [3.05, 3.63) is 29.3 Å². The van der Waals surface area contributed by atoms with E-state index in [9.17, 15) is 4.79 Å². The molecule has 0 saturated heterocycles. The van der Waals surface area contributed by atoms with Gasteiger partial charge >= 0.3 is 0 Å². The second-order valence-corrected chi connectivity index (χ2v) is 6.05. The van der Waals surface area contributed by atoms with Gasteiger partial charge in [-0.3, -0.25) is 4.79 Å². The smallest absolute Gasteiger partial charge is 0.226 e. The SMILES string of the molecule is Cc1cc(C)cc(OCCC(=O)N(C(C)C)C2CC2)c1. The monoisotopic (exact) mass is 275 g/mol. The molecule has 1 aliphatic rings. The summed E-state index contributed by atoms with van der Waals surface area (Å²) in [6, 6.07) is 6.91. The molecule has 0 unspecified atom stereocenters. The quantitative estimate of drug-likeness (QED) is 0.795. The molecule has 0 N–H and O–H groups in total. The van der Waals surface area contributed by atoms with Gasteiger partial charge in [-0.1, -0.05) is 6.07 Å². The molecule has 3 heteroatoms. The zero-order valence-electron chi connectivity index (χ0n) is 13.0. The van der Waals surface area contributed by atoms with Crippen LogP contribution in [-0.2, 0) is 4.79 Å². The number of nitrogens with zero attached hydrogens (tertiary/aromatic N) is 1. The molecule has 3 nitrogen and oxygen atoms in total. The van der Waals surface area contributed by atoms with Gasteiger partial charge in [-0.05, 0) is 63.8 Å². The fourth-order valence-corrected chi connectivity index (χ4v) is 2.67. The van der Waals surface area contributed by atoms with Crippen LogP contribution in [0.4, 0.5) is 0 Å². The molecule has 0 atom stereocenters. The van der Waals surface area contributed by atoms with E-state index in [4.69, 9.17) is 4.74 Å². The summed E-state index contributed by atoms with van der Waals surface area (Å²) in [6.45, 7) is 8.73. The van der Waals surface area contributed by atoms with E-state index in [1.54, 1.807) is 0 Å². The van der Waals surface area contributed by atoms with Crippen LogP contribution in [0.1, 0.15) is 44.2 Å². The first-order valence-electron chi connectivity index (χ1n) is 7.49. The minimum absolute atomic E-state index is 0.215. The average Bonchev–Trinajstić information content (AvgIpc) is 3.11. The molecule has 0 bridgehead atoms. The van der Waals surface area contributed by atoms with Crippen LogP contribution in [0.5, 0.6) is 5.75 Å². The Labute approximate surface area is 121 Å². The van der Waals surface area contributed by atoms with E-state index in [2.05, 4.69) is 33.8 Å². The van der Waals surface area contributed by atoms with E-state index in [-0.39, 0.29) is 11.9 Å². The molecule has 0 heterocycles. The number of amides is 1. The molecular formula is C17H25NO2. The van der Waals surface area contributed by atoms with Crippen molar-refractivity contribution in [3.8, 4) is 5.75 Å². The molecule has 1 aromatic rings. The third-order valence-electron chi connectivity index (χ3n) is 3.56. The lowest BCUT2D eigenvalue weighted by molar-refractivity contribution is -0.134. The van der Waals surface area contributed by atoms with Crippen molar-refractivity contribution < 1.29 is 9.53 Å². The number of carbonyl (C=O) groups excluding carboxylic acids is 1. The molecule has 0 spiro atoms. The van der Waals surface area contributed by atoms with Gasteiger partial charge in [-0.25, -0.2) is 0 Å². The summed E-state index contributed by atoms with van der Waals surface area (Å²) in [5.74, 6) is 1.07. The summed E-state index contributed by atoms with van der Waals surface area (Å²) < 4.78 is 5.72. The fourth-order valence-electron chi connectivity index (χ4n) is 2.67. The van der Waals surface area contributed by atoms with Gasteiger partial charge in [0.25, 0.3) is 0 Å². The van der Waals surface area contributed by atoms with Crippen LogP contribution in [0.3, 0.4) is 0 Å². The predicted octanol–water partition coefficient (Wildman–Crippen LogP) is 3.47. The average molecular weight is 275 g/mol. The van der Waals surface area contributed by atoms with Crippen molar-refractivity contribution in [1.82, 2.24) is 4.90 Å². The molecule has 20 heavy (non-hydrogen) atoms. The number of rotatable bonds is 6. The zero-order chi connectivity index (χ0) is 14.7. The maximum Gasteiger partial charge on any atom is 0.226 e. The van der Waals surface area contributed by atoms with E-state index >= 15 is 0 Å². The van der Waals surface area contributed by atoms with E-state index in [0.29, 0.717) is 19.1 Å². The molecule has 0 aliphatic heterocycles. The summed E-state index contributed by atoms with van der Waals surface area (Å²) in [5, 5.41) is 0. The minimum Gasteiger partial charge on any atom is -0.493 e. The van der Waals surface area contributed by atoms with Crippen molar-refractivity contribution in [3.63, 3.8) is 0 Å². The topological polar surface area (TPSA) is 29.5 Å². The molecule has 1 aromatic carbocycles. The predicted molar refractivity (Wildman–Crippen MR) is 81.0 cm³/mol. The van der Waals surface area contributed by atoms with E-state index in [1.165, 1.54) is 11.1 Å². The first-order chi connectivity index (χ1) is 9.47. The van der Waals surface area contributed by atoms with Crippen molar-refractivity contribution >= 4 is 5.91 Å². The Hall–Kier alpha value is -1.51. The molecular weight excluding hydrogens is 250 g/mol. The van der Waals surface area contributed by atoms with Gasteiger partial charge in [-0.15, -0.1) is 0 Å². The van der Waals surface area contributed by atoms with Crippen LogP contribution < -0.4 is 4.74 Å². The molecule has 2 rings (SSSR count). The highest BCUT2D eigenvalue weighted by Crippen LogP contribution is 2.29. The molecule has 1 fully saturated rings. The molecule has 0 aromatic heterocycles. The number of benzene rings is 1. The maximum atomic E-state index is 12.2. The fraction of sp³-hybridized carbons (Fsp3) is 0.588. The Morgan fingerprint density at radius 3 is 2.35 bits per heavy atom. The van der Waals surface area contributed by atoms with Crippen LogP contribution in [-0.4, -0.2) is 29.5 Å². The van der Waals surface area contributed by atoms with Gasteiger partial charge in [0.05, 0.1) is 13.0 Å². The Bertz CT molecular complexity index is 456. The Morgan fingerprint density at radius 1 is 1.25 bits per heavy atom. The summed E-state index contributed by atoms with van der Waals surface area (Å²) in [6.07, 6.45) is 2.77. The lowest BCUT2D eigenvalue weighted by atomic mass is 10.1. The zero-order valence-corrected chi connectivity index (χ0v) is 13.0. The highest BCUT2D eigenvalue weighted by atomic mass is 16.5. The Morgan fingerprint density at radius 2 is 1.85 bits per heavy atom. The van der Waals surface area contributed by atoms with Crippen LogP contribution in [0.15, 0.2) is 18.2 Å². The second-order valence-electron chi connectivity index (χ2n) is 6.05. The molecule has 1 aliphatic carbocycles. The van der Waals surface area contributed by atoms with Gasteiger partial charge in [0.1, 0.15) is 5.75 Å². The van der Waals surface area contributed by atoms with Crippen molar-refractivity contribution in [2.45, 2.75) is 59.0 Å². The summed E-state index contributed by atoms with van der Waals surface area (Å²) >= 11 is 0. The second kappa shape index (κ2) is 6.29. The van der Waals surface area contributed by atoms with E-state index in [0.717, 1.165) is 18.6 Å². The van der Waals surface area contributed by atoms with E-state index in [1.807, 2.05) is 17.0 Å².